The average molecular weight is 455 g/mol. The van der Waals surface area contributed by atoms with Crippen LogP contribution in [0.4, 0.5) is 0 Å². The zero-order chi connectivity index (χ0) is 20.5. The maximum absolute atomic E-state index is 11.5. The summed E-state index contributed by atoms with van der Waals surface area (Å²) >= 11 is 0. The number of nitrogens with one attached hydrogen (secondary N) is 1. The van der Waals surface area contributed by atoms with Crippen LogP contribution in [0.3, 0.4) is 0 Å². The third-order valence-electron chi connectivity index (χ3n) is 4.54. The molecule has 0 bridgehead atoms. The Morgan fingerprint density at radius 2 is 1.23 bits per heavy atom. The summed E-state index contributed by atoms with van der Waals surface area (Å²) in [6.45, 7) is 3.61. The van der Waals surface area contributed by atoms with Crippen LogP contribution in [-0.4, -0.2) is 11.9 Å². The van der Waals surface area contributed by atoms with E-state index in [4.69, 9.17) is 0 Å². The van der Waals surface area contributed by atoms with Gasteiger partial charge in [0, 0.05) is 24.5 Å². The van der Waals surface area contributed by atoms with Gasteiger partial charge in [0.25, 0.3) is 0 Å². The van der Waals surface area contributed by atoms with Crippen molar-refractivity contribution in [3.05, 3.63) is 124 Å². The van der Waals surface area contributed by atoms with E-state index in [0.29, 0.717) is 0 Å². The van der Waals surface area contributed by atoms with Crippen LogP contribution >= 0.6 is 7.92 Å². The molecule has 4 heteroatoms. The smallest absolute Gasteiger partial charge is 0.353 e. The second-order valence-corrected chi connectivity index (χ2v) is 8.94. The first-order valence-corrected chi connectivity index (χ1v) is 11.1. The molecular weight excluding hydrogens is 429 g/mol. The molecule has 2 saturated carbocycles. The molecule has 2 aliphatic carbocycles. The number of carbonyl (C=O) groups is 1. The number of hydrogen-bond donors (Lipinski definition) is 1. The Hall–Kier alpha value is -1.14. The molecule has 2 nitrogen and oxygen atoms in total. The van der Waals surface area contributed by atoms with Crippen LogP contribution in [0.25, 0.3) is 0 Å². The summed E-state index contributed by atoms with van der Waals surface area (Å²) in [7, 11) is -0.638. The van der Waals surface area contributed by atoms with E-state index in [2.05, 4.69) is 73.1 Å². The molecule has 10 radical (unpaired) electrons. The van der Waals surface area contributed by atoms with Gasteiger partial charge in [0.2, 0.25) is 5.91 Å². The maximum Gasteiger partial charge on any atom is 2.00 e. The standard InChI is InChI=1S/C21H21NOP.C5H5.Fe/c1-16(22-17(2)23)20-14-9-15-21(20)24(18-10-5-3-6-11-18)19-12-7-4-8-13-19;1-2-4-5-3-1;/h3-16H,1-2H3,(H,22,23);1-5H;/q;;+2/t16-;;/m1../s1. The summed E-state index contributed by atoms with van der Waals surface area (Å²) in [5.41, 5.74) is 1.31. The third-order valence-corrected chi connectivity index (χ3v) is 7.06. The fourth-order valence-electron chi connectivity index (χ4n) is 3.28. The quantitative estimate of drug-likeness (QED) is 0.526. The van der Waals surface area contributed by atoms with Crippen molar-refractivity contribution in [3.63, 3.8) is 0 Å². The molecule has 0 saturated heterocycles. The first-order valence-electron chi connectivity index (χ1n) is 9.76. The summed E-state index contributed by atoms with van der Waals surface area (Å²) in [6.07, 6.45) is 16.4. The molecule has 0 aliphatic heterocycles. The summed E-state index contributed by atoms with van der Waals surface area (Å²) in [4.78, 5) is 11.5. The first-order chi connectivity index (χ1) is 14.2. The third kappa shape index (κ3) is 7.23. The van der Waals surface area contributed by atoms with Gasteiger partial charge in [-0.1, -0.05) is 60.7 Å². The fraction of sp³-hybridized carbons (Fsp3) is 0.115. The van der Waals surface area contributed by atoms with Crippen molar-refractivity contribution in [3.8, 4) is 0 Å². The summed E-state index contributed by atoms with van der Waals surface area (Å²) < 4.78 is 0. The Morgan fingerprint density at radius 1 is 0.767 bits per heavy atom. The van der Waals surface area contributed by atoms with Crippen LogP contribution in [0.15, 0.2) is 60.7 Å². The molecule has 1 N–H and O–H groups in total. The van der Waals surface area contributed by atoms with Crippen LogP contribution in [-0.2, 0) is 21.9 Å². The normalized spacial score (nSPS) is 17.7. The van der Waals surface area contributed by atoms with Crippen molar-refractivity contribution in [2.75, 3.05) is 0 Å². The predicted octanol–water partition coefficient (Wildman–Crippen LogP) is 4.40. The molecule has 152 valence electrons. The Morgan fingerprint density at radius 3 is 1.67 bits per heavy atom. The van der Waals surface area contributed by atoms with E-state index in [1.54, 1.807) is 6.92 Å². The number of amides is 1. The van der Waals surface area contributed by atoms with Crippen LogP contribution in [0.1, 0.15) is 13.8 Å². The fourth-order valence-corrected chi connectivity index (χ4v) is 5.84. The van der Waals surface area contributed by atoms with Crippen molar-refractivity contribution in [1.29, 1.82) is 0 Å². The van der Waals surface area contributed by atoms with E-state index in [-0.39, 0.29) is 29.0 Å². The zero-order valence-electron chi connectivity index (χ0n) is 17.2. The van der Waals surface area contributed by atoms with Crippen molar-refractivity contribution in [2.45, 2.75) is 19.9 Å². The minimum absolute atomic E-state index is 0. The van der Waals surface area contributed by atoms with Crippen LogP contribution in [0.5, 0.6) is 0 Å². The van der Waals surface area contributed by atoms with Gasteiger partial charge in [0.1, 0.15) is 0 Å². The average Bonchev–Trinajstić information content (AvgIpc) is 3.45. The van der Waals surface area contributed by atoms with E-state index in [0.717, 1.165) is 0 Å². The van der Waals surface area contributed by atoms with E-state index >= 15 is 0 Å². The number of hydrogen-bond acceptors (Lipinski definition) is 1. The molecular formula is C26H26FeNOP+2. The van der Waals surface area contributed by atoms with Gasteiger partial charge < -0.3 is 5.32 Å². The van der Waals surface area contributed by atoms with E-state index in [1.807, 2.05) is 51.2 Å². The summed E-state index contributed by atoms with van der Waals surface area (Å²) in [5, 5.41) is 5.66. The van der Waals surface area contributed by atoms with Gasteiger partial charge >= 0.3 is 17.1 Å². The van der Waals surface area contributed by atoms with Crippen molar-refractivity contribution in [1.82, 2.24) is 5.32 Å². The molecule has 30 heavy (non-hydrogen) atoms. The molecule has 2 fully saturated rings. The van der Waals surface area contributed by atoms with Crippen molar-refractivity contribution < 1.29 is 21.9 Å². The van der Waals surface area contributed by atoms with Gasteiger partial charge in [0.05, 0.1) is 0 Å². The van der Waals surface area contributed by atoms with Gasteiger partial charge in [0.15, 0.2) is 0 Å². The topological polar surface area (TPSA) is 29.1 Å². The Bertz CT molecular complexity index is 688. The maximum atomic E-state index is 11.5. The van der Waals surface area contributed by atoms with Crippen LogP contribution < -0.4 is 15.9 Å². The van der Waals surface area contributed by atoms with Crippen LogP contribution in [0.2, 0.25) is 0 Å². The number of rotatable bonds is 5. The van der Waals surface area contributed by atoms with E-state index in [9.17, 15) is 4.79 Å². The first kappa shape index (κ1) is 25.1. The second-order valence-electron chi connectivity index (χ2n) is 6.76. The predicted molar refractivity (Wildman–Crippen MR) is 123 cm³/mol. The largest absolute Gasteiger partial charge is 2.00 e. The molecule has 2 aromatic carbocycles. The second kappa shape index (κ2) is 13.3. The number of carbonyl (C=O) groups excluding carboxylic acids is 1. The molecule has 1 atom stereocenters. The molecule has 0 heterocycles. The summed E-state index contributed by atoms with van der Waals surface area (Å²) in [6, 6.07) is 21.2. The molecule has 0 aromatic heterocycles. The minimum Gasteiger partial charge on any atom is -0.353 e. The molecule has 0 unspecified atom stereocenters. The number of benzene rings is 2. The molecule has 0 spiro atoms. The molecule has 2 aliphatic rings. The van der Waals surface area contributed by atoms with Gasteiger partial charge in [-0.05, 0) is 76.8 Å². The van der Waals surface area contributed by atoms with Crippen LogP contribution in [0, 0.1) is 62.9 Å². The van der Waals surface area contributed by atoms with E-state index in [1.165, 1.54) is 22.2 Å². The molecule has 1 amide bonds. The van der Waals surface area contributed by atoms with Gasteiger partial charge in [-0.3, -0.25) is 4.79 Å². The monoisotopic (exact) mass is 455 g/mol. The molecule has 2 aromatic rings. The summed E-state index contributed by atoms with van der Waals surface area (Å²) in [5.74, 6) is 1.20. The van der Waals surface area contributed by atoms with Crippen molar-refractivity contribution in [2.24, 2.45) is 0 Å². The SMILES string of the molecule is CC(=O)N[C@H](C)[C]1[CH][CH][CH][C]1P(c1ccccc1)c1ccccc1.[CH]1[CH][CH][CH][CH]1.[Fe+2]. The molecule has 4 rings (SSSR count). The van der Waals surface area contributed by atoms with E-state index < -0.39 is 7.92 Å². The Labute approximate surface area is 194 Å². The minimum atomic E-state index is -0.638. The van der Waals surface area contributed by atoms with Crippen molar-refractivity contribution >= 4 is 24.4 Å². The Balaban J connectivity index is 0.000000468. The van der Waals surface area contributed by atoms with Gasteiger partial charge in [-0.15, -0.1) is 0 Å². The zero-order valence-corrected chi connectivity index (χ0v) is 19.2. The van der Waals surface area contributed by atoms with Gasteiger partial charge in [-0.2, -0.15) is 0 Å². The Kier molecular flexibility index (Phi) is 11.1. The van der Waals surface area contributed by atoms with Gasteiger partial charge in [-0.25, -0.2) is 0 Å².